The first-order valence-corrected chi connectivity index (χ1v) is 8.63. The number of carbonyl (C=O) groups is 1. The number of anilines is 1. The summed E-state index contributed by atoms with van der Waals surface area (Å²) in [4.78, 5) is 19.1. The second kappa shape index (κ2) is 7.03. The minimum absolute atomic E-state index is 0.0983. The first-order valence-electron chi connectivity index (χ1n) is 7.75. The van der Waals surface area contributed by atoms with E-state index < -0.39 is 0 Å². The van der Waals surface area contributed by atoms with Gasteiger partial charge in [0.15, 0.2) is 5.13 Å². The maximum absolute atomic E-state index is 12.2. The Kier molecular flexibility index (Phi) is 4.85. The number of rotatable bonds is 4. The van der Waals surface area contributed by atoms with Gasteiger partial charge in [-0.1, -0.05) is 24.1 Å². The lowest BCUT2D eigenvalue weighted by molar-refractivity contribution is 0.102. The molecule has 2 heterocycles. The second-order valence-corrected chi connectivity index (χ2v) is 6.66. The number of thiazole rings is 1. The highest BCUT2D eigenvalue weighted by Crippen LogP contribution is 2.19. The first kappa shape index (κ1) is 15.2. The number of carbonyl (C=O) groups excluding carboxylic acids is 1. The van der Waals surface area contributed by atoms with Crippen molar-refractivity contribution in [1.29, 1.82) is 0 Å². The van der Waals surface area contributed by atoms with Crippen LogP contribution >= 0.6 is 11.3 Å². The lowest BCUT2D eigenvalue weighted by atomic mass is 10.1. The third-order valence-electron chi connectivity index (χ3n) is 3.92. The van der Waals surface area contributed by atoms with Crippen LogP contribution in [0.3, 0.4) is 0 Å². The van der Waals surface area contributed by atoms with Crippen LogP contribution in [0.5, 0.6) is 0 Å². The molecule has 3 rings (SSSR count). The van der Waals surface area contributed by atoms with Crippen molar-refractivity contribution in [1.82, 2.24) is 9.88 Å². The fourth-order valence-corrected chi connectivity index (χ4v) is 3.35. The molecule has 0 atom stereocenters. The monoisotopic (exact) mass is 315 g/mol. The summed E-state index contributed by atoms with van der Waals surface area (Å²) in [7, 11) is 0. The number of likely N-dealkylation sites (tertiary alicyclic amines) is 1. The van der Waals surface area contributed by atoms with Gasteiger partial charge >= 0.3 is 0 Å². The van der Waals surface area contributed by atoms with E-state index in [1.54, 1.807) is 0 Å². The van der Waals surface area contributed by atoms with Crippen molar-refractivity contribution < 1.29 is 4.79 Å². The van der Waals surface area contributed by atoms with E-state index in [4.69, 9.17) is 0 Å². The quantitative estimate of drug-likeness (QED) is 0.936. The summed E-state index contributed by atoms with van der Waals surface area (Å²) in [6, 6.07) is 7.57. The van der Waals surface area contributed by atoms with E-state index in [9.17, 15) is 4.79 Å². The van der Waals surface area contributed by atoms with Crippen molar-refractivity contribution >= 4 is 22.4 Å². The summed E-state index contributed by atoms with van der Waals surface area (Å²) in [6.45, 7) is 5.21. The van der Waals surface area contributed by atoms with Crippen LogP contribution in [0.15, 0.2) is 29.6 Å². The molecule has 116 valence electrons. The Bertz CT molecular complexity index is 630. The average Bonchev–Trinajstić information content (AvgIpc) is 2.96. The summed E-state index contributed by atoms with van der Waals surface area (Å²) in [6.07, 6.45) is 3.90. The molecule has 22 heavy (non-hydrogen) atoms. The molecule has 1 aromatic heterocycles. The topological polar surface area (TPSA) is 45.2 Å². The van der Waals surface area contributed by atoms with Crippen LogP contribution in [0.25, 0.3) is 0 Å². The van der Waals surface area contributed by atoms with Crippen LogP contribution in [-0.2, 0) is 6.54 Å². The Labute approximate surface area is 135 Å². The maximum atomic E-state index is 12.2. The molecule has 0 spiro atoms. The number of hydrogen-bond donors (Lipinski definition) is 1. The fourth-order valence-electron chi connectivity index (χ4n) is 2.66. The van der Waals surface area contributed by atoms with Crippen LogP contribution in [0.1, 0.15) is 40.9 Å². The van der Waals surface area contributed by atoms with Gasteiger partial charge in [-0.3, -0.25) is 15.0 Å². The van der Waals surface area contributed by atoms with E-state index >= 15 is 0 Å². The van der Waals surface area contributed by atoms with Gasteiger partial charge in [-0.05, 0) is 45.0 Å². The lowest BCUT2D eigenvalue weighted by Gasteiger charge is -2.25. The molecule has 1 aliphatic heterocycles. The van der Waals surface area contributed by atoms with E-state index in [1.165, 1.54) is 30.6 Å². The summed E-state index contributed by atoms with van der Waals surface area (Å²) < 4.78 is 0. The molecule has 1 aliphatic rings. The molecule has 0 bridgehead atoms. The molecule has 1 aromatic carbocycles. The zero-order valence-electron chi connectivity index (χ0n) is 12.8. The van der Waals surface area contributed by atoms with Gasteiger partial charge in [0.05, 0.1) is 5.69 Å². The first-order chi connectivity index (χ1) is 10.7. The maximum Gasteiger partial charge on any atom is 0.257 e. The Morgan fingerprint density at radius 2 is 1.95 bits per heavy atom. The molecule has 1 N–H and O–H groups in total. The number of amides is 1. The van der Waals surface area contributed by atoms with Crippen LogP contribution in [-0.4, -0.2) is 28.9 Å². The number of hydrogen-bond acceptors (Lipinski definition) is 4. The average molecular weight is 315 g/mol. The molecule has 0 radical (unpaired) electrons. The largest absolute Gasteiger partial charge is 0.298 e. The number of benzene rings is 1. The van der Waals surface area contributed by atoms with Gasteiger partial charge in [0, 0.05) is 17.5 Å². The van der Waals surface area contributed by atoms with Gasteiger partial charge in [-0.15, -0.1) is 11.3 Å². The van der Waals surface area contributed by atoms with Gasteiger partial charge < -0.3 is 0 Å². The molecule has 2 aromatic rings. The Balaban J connectivity index is 1.58. The molecule has 0 aliphatic carbocycles. The van der Waals surface area contributed by atoms with Gasteiger partial charge in [-0.2, -0.15) is 0 Å². The summed E-state index contributed by atoms with van der Waals surface area (Å²) in [5, 5.41) is 5.60. The number of aryl methyl sites for hydroxylation is 1. The van der Waals surface area contributed by atoms with Crippen LogP contribution in [0.2, 0.25) is 0 Å². The molecule has 0 unspecified atom stereocenters. The highest BCUT2D eigenvalue weighted by atomic mass is 32.1. The Morgan fingerprint density at radius 3 is 2.68 bits per heavy atom. The van der Waals surface area contributed by atoms with Crippen LogP contribution < -0.4 is 5.32 Å². The lowest BCUT2D eigenvalue weighted by Crippen LogP contribution is -2.29. The van der Waals surface area contributed by atoms with Gasteiger partial charge in [0.25, 0.3) is 5.91 Å². The predicted molar refractivity (Wildman–Crippen MR) is 90.4 cm³/mol. The molecule has 1 amide bonds. The fraction of sp³-hybridized carbons (Fsp3) is 0.412. The summed E-state index contributed by atoms with van der Waals surface area (Å²) in [5.41, 5.74) is 2.86. The Morgan fingerprint density at radius 1 is 1.23 bits per heavy atom. The van der Waals surface area contributed by atoms with Crippen LogP contribution in [0, 0.1) is 6.92 Å². The molecule has 0 saturated carbocycles. The SMILES string of the molecule is Cc1ccc(C(=O)Nc2nc(CN3CCCCC3)cs2)cc1. The zero-order valence-corrected chi connectivity index (χ0v) is 13.7. The van der Waals surface area contributed by atoms with E-state index in [2.05, 4.69) is 15.2 Å². The molecule has 5 heteroatoms. The standard InChI is InChI=1S/C17H21N3OS/c1-13-5-7-14(8-6-13)16(21)19-17-18-15(12-22-17)11-20-9-3-2-4-10-20/h5-8,12H,2-4,9-11H2,1H3,(H,18,19,21). The summed E-state index contributed by atoms with van der Waals surface area (Å²) in [5.74, 6) is -0.0983. The van der Waals surface area contributed by atoms with E-state index in [0.717, 1.165) is 30.9 Å². The molecular weight excluding hydrogens is 294 g/mol. The number of nitrogens with one attached hydrogen (secondary N) is 1. The number of aromatic nitrogens is 1. The van der Waals surface area contributed by atoms with Crippen molar-refractivity contribution in [2.75, 3.05) is 18.4 Å². The second-order valence-electron chi connectivity index (χ2n) is 5.80. The minimum atomic E-state index is -0.0983. The van der Waals surface area contributed by atoms with Crippen molar-refractivity contribution in [3.63, 3.8) is 0 Å². The van der Waals surface area contributed by atoms with Crippen molar-refractivity contribution in [3.05, 3.63) is 46.5 Å². The highest BCUT2D eigenvalue weighted by Gasteiger charge is 2.13. The predicted octanol–water partition coefficient (Wildman–Crippen LogP) is 3.69. The van der Waals surface area contributed by atoms with E-state index in [0.29, 0.717) is 10.7 Å². The van der Waals surface area contributed by atoms with Crippen molar-refractivity contribution in [3.8, 4) is 0 Å². The third-order valence-corrected chi connectivity index (χ3v) is 4.73. The normalized spacial score (nSPS) is 15.7. The highest BCUT2D eigenvalue weighted by molar-refractivity contribution is 7.13. The Hall–Kier alpha value is -1.72. The molecule has 1 fully saturated rings. The van der Waals surface area contributed by atoms with Crippen molar-refractivity contribution in [2.45, 2.75) is 32.7 Å². The van der Waals surface area contributed by atoms with Gasteiger partial charge in [-0.25, -0.2) is 4.98 Å². The minimum Gasteiger partial charge on any atom is -0.298 e. The van der Waals surface area contributed by atoms with E-state index in [1.807, 2.05) is 36.6 Å². The number of nitrogens with zero attached hydrogens (tertiary/aromatic N) is 2. The molecular formula is C17H21N3OS. The number of piperidine rings is 1. The third kappa shape index (κ3) is 3.93. The van der Waals surface area contributed by atoms with Gasteiger partial charge in [0.1, 0.15) is 0 Å². The van der Waals surface area contributed by atoms with E-state index in [-0.39, 0.29) is 5.91 Å². The van der Waals surface area contributed by atoms with Crippen LogP contribution in [0.4, 0.5) is 5.13 Å². The zero-order chi connectivity index (χ0) is 15.4. The smallest absolute Gasteiger partial charge is 0.257 e. The molecule has 1 saturated heterocycles. The van der Waals surface area contributed by atoms with Crippen molar-refractivity contribution in [2.24, 2.45) is 0 Å². The molecule has 4 nitrogen and oxygen atoms in total. The van der Waals surface area contributed by atoms with Gasteiger partial charge in [0.2, 0.25) is 0 Å². The summed E-state index contributed by atoms with van der Waals surface area (Å²) >= 11 is 1.49.